The molecule has 0 aliphatic heterocycles. The molecule has 0 saturated carbocycles. The van der Waals surface area contributed by atoms with Crippen molar-refractivity contribution >= 4 is 15.9 Å². The molecule has 96 valence electrons. The summed E-state index contributed by atoms with van der Waals surface area (Å²) >= 11 is 3.59. The molecule has 0 aliphatic carbocycles. The van der Waals surface area contributed by atoms with Crippen LogP contribution in [0.2, 0.25) is 0 Å². The van der Waals surface area contributed by atoms with Crippen molar-refractivity contribution in [1.82, 2.24) is 4.98 Å². The van der Waals surface area contributed by atoms with E-state index in [1.807, 2.05) is 13.1 Å². The molecule has 17 heavy (non-hydrogen) atoms. The largest absolute Gasteiger partial charge is 0.496 e. The summed E-state index contributed by atoms with van der Waals surface area (Å²) in [5, 5.41) is 0. The fourth-order valence-electron chi connectivity index (χ4n) is 1.88. The number of ether oxygens (including phenoxy) is 2. The van der Waals surface area contributed by atoms with Crippen LogP contribution in [0.4, 0.5) is 0 Å². The quantitative estimate of drug-likeness (QED) is 0.757. The van der Waals surface area contributed by atoms with E-state index in [4.69, 9.17) is 9.47 Å². The Labute approximate surface area is 112 Å². The first-order valence-corrected chi connectivity index (χ1v) is 6.63. The highest BCUT2D eigenvalue weighted by atomic mass is 79.9. The highest BCUT2D eigenvalue weighted by Crippen LogP contribution is 2.25. The van der Waals surface area contributed by atoms with Gasteiger partial charge in [0, 0.05) is 35.0 Å². The highest BCUT2D eigenvalue weighted by Gasteiger charge is 2.11. The van der Waals surface area contributed by atoms with Crippen LogP contribution in [0.1, 0.15) is 23.2 Å². The molecule has 0 aliphatic rings. The van der Waals surface area contributed by atoms with E-state index in [1.165, 1.54) is 0 Å². The van der Waals surface area contributed by atoms with Gasteiger partial charge in [0.15, 0.2) is 0 Å². The molecule has 0 fully saturated rings. The Kier molecular flexibility index (Phi) is 5.92. The second kappa shape index (κ2) is 6.97. The molecule has 0 bridgehead atoms. The summed E-state index contributed by atoms with van der Waals surface area (Å²) in [7, 11) is 3.42. The van der Waals surface area contributed by atoms with Gasteiger partial charge >= 0.3 is 0 Å². The van der Waals surface area contributed by atoms with Crippen molar-refractivity contribution in [3.8, 4) is 5.75 Å². The molecular weight excluding hydrogens is 282 g/mol. The molecule has 0 saturated heterocycles. The molecule has 1 heterocycles. The van der Waals surface area contributed by atoms with E-state index < -0.39 is 0 Å². The summed E-state index contributed by atoms with van der Waals surface area (Å²) in [5.41, 5.74) is 3.33. The number of pyridine rings is 1. The van der Waals surface area contributed by atoms with Gasteiger partial charge in [-0.15, -0.1) is 0 Å². The average Bonchev–Trinajstić information content (AvgIpc) is 2.29. The predicted octanol–water partition coefficient (Wildman–Crippen LogP) is 3.05. The highest BCUT2D eigenvalue weighted by molar-refractivity contribution is 9.09. The average molecular weight is 302 g/mol. The second-order valence-corrected chi connectivity index (χ2v) is 5.43. The first-order valence-electron chi connectivity index (χ1n) is 5.72. The maximum atomic E-state index is 5.39. The topological polar surface area (TPSA) is 31.4 Å². The van der Waals surface area contributed by atoms with Gasteiger partial charge in [0.25, 0.3) is 0 Å². The standard InChI is InChI=1S/C13H20BrNO2/c1-9-7-15-12(10(2)13(9)17-4)6-5-11(14)8-16-3/h7,11H,5-6,8H2,1-4H3. The molecule has 0 radical (unpaired) electrons. The van der Waals surface area contributed by atoms with Crippen LogP contribution in [0.5, 0.6) is 5.75 Å². The van der Waals surface area contributed by atoms with E-state index >= 15 is 0 Å². The molecule has 0 aromatic carbocycles. The summed E-state index contributed by atoms with van der Waals surface area (Å²) < 4.78 is 10.5. The third-order valence-corrected chi connectivity index (χ3v) is 3.51. The first-order chi connectivity index (χ1) is 8.10. The van der Waals surface area contributed by atoms with Crippen molar-refractivity contribution < 1.29 is 9.47 Å². The molecule has 0 N–H and O–H groups in total. The van der Waals surface area contributed by atoms with Crippen molar-refractivity contribution in [3.63, 3.8) is 0 Å². The lowest BCUT2D eigenvalue weighted by Crippen LogP contribution is -2.09. The van der Waals surface area contributed by atoms with Crippen LogP contribution in [0.3, 0.4) is 0 Å². The zero-order valence-electron chi connectivity index (χ0n) is 10.9. The van der Waals surface area contributed by atoms with E-state index in [-0.39, 0.29) is 0 Å². The number of nitrogens with zero attached hydrogens (tertiary/aromatic N) is 1. The number of hydrogen-bond acceptors (Lipinski definition) is 3. The zero-order chi connectivity index (χ0) is 12.8. The van der Waals surface area contributed by atoms with Gasteiger partial charge in [-0.1, -0.05) is 15.9 Å². The Bertz CT molecular complexity index is 369. The molecule has 4 heteroatoms. The minimum atomic E-state index is 0.376. The van der Waals surface area contributed by atoms with Gasteiger partial charge in [-0.25, -0.2) is 0 Å². The van der Waals surface area contributed by atoms with Crippen LogP contribution in [0.15, 0.2) is 6.20 Å². The first kappa shape index (κ1) is 14.5. The van der Waals surface area contributed by atoms with Crippen LogP contribution in [0.25, 0.3) is 0 Å². The van der Waals surface area contributed by atoms with Crippen molar-refractivity contribution in [2.75, 3.05) is 20.8 Å². The Morgan fingerprint density at radius 2 is 2.06 bits per heavy atom. The molecular formula is C13H20BrNO2. The number of halogens is 1. The van der Waals surface area contributed by atoms with Gasteiger partial charge in [0.05, 0.1) is 13.7 Å². The zero-order valence-corrected chi connectivity index (χ0v) is 12.5. The number of methoxy groups -OCH3 is 2. The smallest absolute Gasteiger partial charge is 0.128 e. The number of alkyl halides is 1. The van der Waals surface area contributed by atoms with Gasteiger partial charge in [-0.3, -0.25) is 4.98 Å². The van der Waals surface area contributed by atoms with Gasteiger partial charge < -0.3 is 9.47 Å². The van der Waals surface area contributed by atoms with E-state index in [0.717, 1.165) is 42.0 Å². The monoisotopic (exact) mass is 301 g/mol. The minimum absolute atomic E-state index is 0.376. The van der Waals surface area contributed by atoms with Crippen LogP contribution in [-0.4, -0.2) is 30.6 Å². The summed E-state index contributed by atoms with van der Waals surface area (Å²) in [5.74, 6) is 0.952. The van der Waals surface area contributed by atoms with Gasteiger partial charge in [0.1, 0.15) is 5.75 Å². The normalized spacial score (nSPS) is 12.5. The lowest BCUT2D eigenvalue weighted by Gasteiger charge is -2.13. The van der Waals surface area contributed by atoms with Crippen LogP contribution >= 0.6 is 15.9 Å². The minimum Gasteiger partial charge on any atom is -0.496 e. The maximum Gasteiger partial charge on any atom is 0.128 e. The van der Waals surface area contributed by atoms with Gasteiger partial charge in [0.2, 0.25) is 0 Å². The molecule has 0 amide bonds. The third kappa shape index (κ3) is 3.96. The number of aromatic nitrogens is 1. The van der Waals surface area contributed by atoms with E-state index in [0.29, 0.717) is 4.83 Å². The summed E-state index contributed by atoms with van der Waals surface area (Å²) in [6.45, 7) is 4.80. The number of hydrogen-bond donors (Lipinski definition) is 0. The molecule has 1 unspecified atom stereocenters. The van der Waals surface area contributed by atoms with E-state index in [2.05, 4.69) is 27.8 Å². The fourth-order valence-corrected chi connectivity index (χ4v) is 2.37. The Morgan fingerprint density at radius 3 is 2.65 bits per heavy atom. The van der Waals surface area contributed by atoms with Gasteiger partial charge in [-0.2, -0.15) is 0 Å². The number of rotatable bonds is 6. The van der Waals surface area contributed by atoms with Crippen molar-refractivity contribution in [2.24, 2.45) is 0 Å². The van der Waals surface area contributed by atoms with Crippen molar-refractivity contribution in [3.05, 3.63) is 23.0 Å². The molecule has 3 nitrogen and oxygen atoms in total. The van der Waals surface area contributed by atoms with E-state index in [1.54, 1.807) is 14.2 Å². The summed E-state index contributed by atoms with van der Waals surface area (Å²) in [4.78, 5) is 4.85. The second-order valence-electron chi connectivity index (χ2n) is 4.14. The molecule has 1 aromatic heterocycles. The summed E-state index contributed by atoms with van der Waals surface area (Å²) in [6.07, 6.45) is 3.82. The lowest BCUT2D eigenvalue weighted by molar-refractivity contribution is 0.198. The molecule has 1 rings (SSSR count). The van der Waals surface area contributed by atoms with Gasteiger partial charge in [-0.05, 0) is 26.7 Å². The molecule has 0 spiro atoms. The van der Waals surface area contributed by atoms with Crippen molar-refractivity contribution in [1.29, 1.82) is 0 Å². The third-order valence-electron chi connectivity index (χ3n) is 2.79. The maximum absolute atomic E-state index is 5.39. The van der Waals surface area contributed by atoms with Crippen LogP contribution in [-0.2, 0) is 11.2 Å². The van der Waals surface area contributed by atoms with Crippen molar-refractivity contribution in [2.45, 2.75) is 31.5 Å². The fraction of sp³-hybridized carbons (Fsp3) is 0.615. The summed E-state index contributed by atoms with van der Waals surface area (Å²) in [6, 6.07) is 0. The Balaban J connectivity index is 2.72. The Hall–Kier alpha value is -0.610. The molecule has 1 aromatic rings. The van der Waals surface area contributed by atoms with Crippen LogP contribution in [0, 0.1) is 13.8 Å². The van der Waals surface area contributed by atoms with Crippen LogP contribution < -0.4 is 4.74 Å². The predicted molar refractivity (Wildman–Crippen MR) is 73.2 cm³/mol. The van der Waals surface area contributed by atoms with E-state index in [9.17, 15) is 0 Å². The lowest BCUT2D eigenvalue weighted by atomic mass is 10.1. The SMILES string of the molecule is COCC(Br)CCc1ncc(C)c(OC)c1C. The Morgan fingerprint density at radius 1 is 1.35 bits per heavy atom. The number of aryl methyl sites for hydroxylation is 2. The molecule has 1 atom stereocenters.